The van der Waals surface area contributed by atoms with Crippen molar-refractivity contribution in [2.45, 2.75) is 25.9 Å². The van der Waals surface area contributed by atoms with Gasteiger partial charge < -0.3 is 10.0 Å². The van der Waals surface area contributed by atoms with Crippen LogP contribution in [-0.2, 0) is 0 Å². The Hall–Kier alpha value is -0.870. The average molecular weight is 225 g/mol. The number of β-amino-alcohol motifs (C(OH)–C–C–N with tert-alkyl or cyclic N) is 1. The Morgan fingerprint density at radius 3 is 2.73 bits per heavy atom. The number of aryl methyl sites for hydroxylation is 1. The number of thiophene rings is 1. The van der Waals surface area contributed by atoms with Crippen LogP contribution >= 0.6 is 11.3 Å². The first-order chi connectivity index (χ1) is 7.04. The lowest BCUT2D eigenvalue weighted by Gasteiger charge is -2.45. The van der Waals surface area contributed by atoms with Gasteiger partial charge in [0, 0.05) is 4.88 Å². The first-order valence-corrected chi connectivity index (χ1v) is 5.94. The van der Waals surface area contributed by atoms with Crippen molar-refractivity contribution in [3.63, 3.8) is 0 Å². The molecule has 1 aromatic rings. The topological polar surface area (TPSA) is 40.5 Å². The summed E-state index contributed by atoms with van der Waals surface area (Å²) in [5, 5.41) is 9.80. The summed E-state index contributed by atoms with van der Waals surface area (Å²) in [6.07, 6.45) is 0.709. The van der Waals surface area contributed by atoms with Crippen LogP contribution in [0, 0.1) is 6.92 Å². The van der Waals surface area contributed by atoms with E-state index in [0.717, 1.165) is 9.75 Å². The third kappa shape index (κ3) is 1.92. The molecule has 1 fully saturated rings. The number of aliphatic hydroxyl groups is 1. The van der Waals surface area contributed by atoms with Crippen LogP contribution in [0.4, 0.5) is 0 Å². The normalized spacial score (nSPS) is 18.7. The Bertz CT molecular complexity index is 380. The zero-order valence-corrected chi connectivity index (χ0v) is 9.80. The quantitative estimate of drug-likeness (QED) is 0.831. The largest absolute Gasteiger partial charge is 0.386 e. The Balaban J connectivity index is 2.00. The van der Waals surface area contributed by atoms with Crippen molar-refractivity contribution >= 4 is 17.2 Å². The molecule has 82 valence electrons. The summed E-state index contributed by atoms with van der Waals surface area (Å²) in [7, 11) is 0. The van der Waals surface area contributed by atoms with Crippen LogP contribution in [0.3, 0.4) is 0 Å². The highest BCUT2D eigenvalue weighted by Gasteiger charge is 2.42. The number of likely N-dealkylation sites (tertiary alicyclic amines) is 1. The summed E-state index contributed by atoms with van der Waals surface area (Å²) in [5.41, 5.74) is -0.637. The first kappa shape index (κ1) is 10.6. The summed E-state index contributed by atoms with van der Waals surface area (Å²) < 4.78 is 0. The van der Waals surface area contributed by atoms with Crippen LogP contribution in [0.15, 0.2) is 12.1 Å². The fraction of sp³-hybridized carbons (Fsp3) is 0.545. The molecular weight excluding hydrogens is 210 g/mol. The van der Waals surface area contributed by atoms with Crippen molar-refractivity contribution in [2.24, 2.45) is 0 Å². The standard InChI is InChI=1S/C11H15NO2S/c1-3-11(14)6-12(7-11)10(13)9-5-4-8(2)15-9/h4-5,14H,3,6-7H2,1-2H3. The third-order valence-electron chi connectivity index (χ3n) is 2.87. The van der Waals surface area contributed by atoms with Gasteiger partial charge in [0.25, 0.3) is 5.91 Å². The predicted octanol–water partition coefficient (Wildman–Crippen LogP) is 1.65. The molecule has 1 aliphatic rings. The maximum atomic E-state index is 11.9. The van der Waals surface area contributed by atoms with Gasteiger partial charge >= 0.3 is 0 Å². The maximum Gasteiger partial charge on any atom is 0.264 e. The van der Waals surface area contributed by atoms with E-state index in [4.69, 9.17) is 0 Å². The van der Waals surface area contributed by atoms with Gasteiger partial charge in [-0.05, 0) is 25.5 Å². The summed E-state index contributed by atoms with van der Waals surface area (Å²) in [6, 6.07) is 3.80. The van der Waals surface area contributed by atoms with Crippen LogP contribution in [0.25, 0.3) is 0 Å². The van der Waals surface area contributed by atoms with E-state index in [0.29, 0.717) is 19.5 Å². The Kier molecular flexibility index (Phi) is 2.56. The van der Waals surface area contributed by atoms with Crippen molar-refractivity contribution < 1.29 is 9.90 Å². The Morgan fingerprint density at radius 1 is 1.60 bits per heavy atom. The van der Waals surface area contributed by atoms with Gasteiger partial charge in [0.05, 0.1) is 23.6 Å². The molecule has 2 heterocycles. The molecule has 0 radical (unpaired) electrons. The summed E-state index contributed by atoms with van der Waals surface area (Å²) >= 11 is 1.51. The van der Waals surface area contributed by atoms with Crippen LogP contribution in [0.5, 0.6) is 0 Å². The molecule has 0 bridgehead atoms. The number of carbonyl (C=O) groups is 1. The van der Waals surface area contributed by atoms with Crippen molar-refractivity contribution in [3.8, 4) is 0 Å². The van der Waals surface area contributed by atoms with Gasteiger partial charge in [-0.25, -0.2) is 0 Å². The second-order valence-corrected chi connectivity index (χ2v) is 5.44. The fourth-order valence-electron chi connectivity index (χ4n) is 1.74. The molecule has 1 aromatic heterocycles. The number of nitrogens with zero attached hydrogens (tertiary/aromatic N) is 1. The van der Waals surface area contributed by atoms with Crippen molar-refractivity contribution in [1.82, 2.24) is 4.90 Å². The minimum absolute atomic E-state index is 0.0474. The van der Waals surface area contributed by atoms with Gasteiger partial charge in [0.15, 0.2) is 0 Å². The van der Waals surface area contributed by atoms with Gasteiger partial charge in [0.2, 0.25) is 0 Å². The minimum atomic E-state index is -0.637. The van der Waals surface area contributed by atoms with Crippen LogP contribution in [0.2, 0.25) is 0 Å². The third-order valence-corrected chi connectivity index (χ3v) is 3.86. The number of amides is 1. The average Bonchev–Trinajstić information content (AvgIpc) is 2.59. The number of rotatable bonds is 2. The highest BCUT2D eigenvalue weighted by molar-refractivity contribution is 7.13. The van der Waals surface area contributed by atoms with E-state index >= 15 is 0 Å². The van der Waals surface area contributed by atoms with Gasteiger partial charge in [-0.1, -0.05) is 6.92 Å². The van der Waals surface area contributed by atoms with E-state index in [-0.39, 0.29) is 5.91 Å². The summed E-state index contributed by atoms with van der Waals surface area (Å²) in [5.74, 6) is 0.0474. The van der Waals surface area contributed by atoms with Crippen molar-refractivity contribution in [2.75, 3.05) is 13.1 Å². The molecule has 15 heavy (non-hydrogen) atoms. The molecule has 3 nitrogen and oxygen atoms in total. The van der Waals surface area contributed by atoms with Crippen LogP contribution < -0.4 is 0 Å². The Labute approximate surface area is 93.3 Å². The molecule has 0 atom stereocenters. The maximum absolute atomic E-state index is 11.9. The molecule has 0 spiro atoms. The molecule has 0 unspecified atom stereocenters. The van der Waals surface area contributed by atoms with Gasteiger partial charge in [-0.15, -0.1) is 11.3 Å². The number of carbonyl (C=O) groups excluding carboxylic acids is 1. The molecule has 4 heteroatoms. The van der Waals surface area contributed by atoms with E-state index in [1.165, 1.54) is 11.3 Å². The molecule has 0 saturated carbocycles. The molecule has 1 saturated heterocycles. The lowest BCUT2D eigenvalue weighted by molar-refractivity contribution is -0.0824. The molecular formula is C11H15NO2S. The predicted molar refractivity (Wildman–Crippen MR) is 60.2 cm³/mol. The molecule has 1 N–H and O–H groups in total. The molecule has 1 amide bonds. The first-order valence-electron chi connectivity index (χ1n) is 5.12. The summed E-state index contributed by atoms with van der Waals surface area (Å²) in [4.78, 5) is 15.5. The fourth-order valence-corrected chi connectivity index (χ4v) is 2.57. The van der Waals surface area contributed by atoms with Gasteiger partial charge in [-0.3, -0.25) is 4.79 Å². The molecule has 1 aliphatic heterocycles. The highest BCUT2D eigenvalue weighted by Crippen LogP contribution is 2.27. The smallest absolute Gasteiger partial charge is 0.264 e. The lowest BCUT2D eigenvalue weighted by Crippen LogP contribution is -2.63. The van der Waals surface area contributed by atoms with Gasteiger partial charge in [0.1, 0.15) is 0 Å². The molecule has 0 aliphatic carbocycles. The van der Waals surface area contributed by atoms with E-state index < -0.39 is 5.60 Å². The summed E-state index contributed by atoms with van der Waals surface area (Å²) in [6.45, 7) is 4.87. The second-order valence-electron chi connectivity index (χ2n) is 4.15. The van der Waals surface area contributed by atoms with Crippen molar-refractivity contribution in [1.29, 1.82) is 0 Å². The van der Waals surface area contributed by atoms with E-state index in [1.54, 1.807) is 4.90 Å². The zero-order chi connectivity index (χ0) is 11.1. The lowest BCUT2D eigenvalue weighted by atomic mass is 9.91. The number of hydrogen-bond acceptors (Lipinski definition) is 3. The molecule has 0 aromatic carbocycles. The van der Waals surface area contributed by atoms with Crippen LogP contribution in [0.1, 0.15) is 27.9 Å². The molecule has 2 rings (SSSR count). The second kappa shape index (κ2) is 3.61. The number of hydrogen-bond donors (Lipinski definition) is 1. The minimum Gasteiger partial charge on any atom is -0.386 e. The van der Waals surface area contributed by atoms with E-state index in [1.807, 2.05) is 26.0 Å². The van der Waals surface area contributed by atoms with Crippen molar-refractivity contribution in [3.05, 3.63) is 21.9 Å². The zero-order valence-electron chi connectivity index (χ0n) is 8.99. The SMILES string of the molecule is CCC1(O)CN(C(=O)c2ccc(C)s2)C1. The van der Waals surface area contributed by atoms with Crippen LogP contribution in [-0.4, -0.2) is 34.6 Å². The highest BCUT2D eigenvalue weighted by atomic mass is 32.1. The van der Waals surface area contributed by atoms with E-state index in [9.17, 15) is 9.90 Å². The van der Waals surface area contributed by atoms with E-state index in [2.05, 4.69) is 0 Å². The van der Waals surface area contributed by atoms with Gasteiger partial charge in [-0.2, -0.15) is 0 Å². The monoisotopic (exact) mass is 225 g/mol. The Morgan fingerprint density at radius 2 is 2.27 bits per heavy atom.